The second kappa shape index (κ2) is 8.63. The van der Waals surface area contributed by atoms with Gasteiger partial charge in [-0.15, -0.1) is 0 Å². The molecule has 1 amide bonds. The first kappa shape index (κ1) is 19.5. The molecule has 1 aromatic heterocycles. The molecule has 7 heteroatoms. The molecule has 1 aromatic carbocycles. The topological polar surface area (TPSA) is 88.5 Å². The van der Waals surface area contributed by atoms with Crippen molar-refractivity contribution < 1.29 is 9.32 Å². The lowest BCUT2D eigenvalue weighted by Crippen LogP contribution is -2.53. The Hall–Kier alpha value is -2.25. The summed E-state index contributed by atoms with van der Waals surface area (Å²) in [7, 11) is 0. The number of piperazine rings is 1. The highest BCUT2D eigenvalue weighted by atomic mass is 16.5. The van der Waals surface area contributed by atoms with Gasteiger partial charge in [0, 0.05) is 31.7 Å². The molecule has 7 nitrogen and oxygen atoms in total. The highest BCUT2D eigenvalue weighted by molar-refractivity contribution is 5.81. The lowest BCUT2D eigenvalue weighted by molar-refractivity contribution is -0.134. The van der Waals surface area contributed by atoms with Crippen LogP contribution in [0, 0.1) is 12.8 Å². The molecule has 1 atom stereocenters. The summed E-state index contributed by atoms with van der Waals surface area (Å²) in [6.45, 7) is 9.74. The van der Waals surface area contributed by atoms with Gasteiger partial charge in [0.05, 0.1) is 12.6 Å². The Bertz CT molecular complexity index is 748. The summed E-state index contributed by atoms with van der Waals surface area (Å²) < 4.78 is 5.40. The smallest absolute Gasteiger partial charge is 0.241 e. The lowest BCUT2D eigenvalue weighted by Gasteiger charge is -2.35. The minimum Gasteiger partial charge on any atom is -0.339 e. The zero-order chi connectivity index (χ0) is 19.4. The average molecular weight is 371 g/mol. The second-order valence-electron chi connectivity index (χ2n) is 7.72. The van der Waals surface area contributed by atoms with Crippen molar-refractivity contribution >= 4 is 5.91 Å². The van der Waals surface area contributed by atoms with Crippen LogP contribution in [-0.4, -0.2) is 58.1 Å². The SMILES string of the molecule is Cc1ccc(-c2noc(CN3CCN(C(=O)[C@@H](N)CC(C)C)CC3)n2)cc1. The first-order chi connectivity index (χ1) is 12.9. The number of rotatable bonds is 6. The summed E-state index contributed by atoms with van der Waals surface area (Å²) in [5.74, 6) is 1.69. The third-order valence-corrected chi connectivity index (χ3v) is 4.86. The van der Waals surface area contributed by atoms with Crippen LogP contribution in [0.25, 0.3) is 11.4 Å². The van der Waals surface area contributed by atoms with Gasteiger partial charge in [-0.3, -0.25) is 9.69 Å². The first-order valence-corrected chi connectivity index (χ1v) is 9.58. The number of nitrogens with zero attached hydrogens (tertiary/aromatic N) is 4. The van der Waals surface area contributed by atoms with Gasteiger partial charge in [-0.1, -0.05) is 48.8 Å². The highest BCUT2D eigenvalue weighted by Gasteiger charge is 2.26. The highest BCUT2D eigenvalue weighted by Crippen LogP contribution is 2.17. The van der Waals surface area contributed by atoms with Crippen molar-refractivity contribution in [3.63, 3.8) is 0 Å². The zero-order valence-electron chi connectivity index (χ0n) is 16.4. The fraction of sp³-hybridized carbons (Fsp3) is 0.550. The normalized spacial score (nSPS) is 16.7. The van der Waals surface area contributed by atoms with Crippen molar-refractivity contribution in [2.24, 2.45) is 11.7 Å². The maximum Gasteiger partial charge on any atom is 0.241 e. The van der Waals surface area contributed by atoms with Gasteiger partial charge in [0.1, 0.15) is 0 Å². The molecule has 0 spiro atoms. The molecule has 146 valence electrons. The summed E-state index contributed by atoms with van der Waals surface area (Å²) in [6, 6.07) is 7.66. The molecule has 0 radical (unpaired) electrons. The molecule has 0 saturated carbocycles. The van der Waals surface area contributed by atoms with Crippen LogP contribution >= 0.6 is 0 Å². The predicted octanol–water partition coefficient (Wildman–Crippen LogP) is 2.06. The van der Waals surface area contributed by atoms with E-state index in [0.717, 1.165) is 25.1 Å². The fourth-order valence-corrected chi connectivity index (χ4v) is 3.30. The van der Waals surface area contributed by atoms with Gasteiger partial charge < -0.3 is 15.2 Å². The van der Waals surface area contributed by atoms with E-state index < -0.39 is 6.04 Å². The molecule has 1 aliphatic heterocycles. The largest absolute Gasteiger partial charge is 0.339 e. The van der Waals surface area contributed by atoms with Gasteiger partial charge in [-0.2, -0.15) is 4.98 Å². The minimum atomic E-state index is -0.399. The van der Waals surface area contributed by atoms with Gasteiger partial charge in [-0.05, 0) is 19.3 Å². The number of amides is 1. The Labute approximate surface area is 160 Å². The maximum atomic E-state index is 12.4. The van der Waals surface area contributed by atoms with Crippen molar-refractivity contribution in [3.8, 4) is 11.4 Å². The van der Waals surface area contributed by atoms with Gasteiger partial charge >= 0.3 is 0 Å². The molecule has 2 N–H and O–H groups in total. The number of carbonyl (C=O) groups is 1. The van der Waals surface area contributed by atoms with E-state index in [0.29, 0.717) is 37.3 Å². The molecule has 2 heterocycles. The van der Waals surface area contributed by atoms with Crippen LogP contribution in [0.1, 0.15) is 31.7 Å². The Morgan fingerprint density at radius 1 is 1.19 bits per heavy atom. The van der Waals surface area contributed by atoms with Crippen LogP contribution in [0.4, 0.5) is 0 Å². The second-order valence-corrected chi connectivity index (χ2v) is 7.72. The van der Waals surface area contributed by atoms with Gasteiger partial charge in [0.25, 0.3) is 0 Å². The van der Waals surface area contributed by atoms with E-state index >= 15 is 0 Å². The van der Waals surface area contributed by atoms with Crippen molar-refractivity contribution in [2.45, 2.75) is 39.8 Å². The molecule has 1 fully saturated rings. The minimum absolute atomic E-state index is 0.0581. The van der Waals surface area contributed by atoms with Crippen LogP contribution in [0.15, 0.2) is 28.8 Å². The zero-order valence-corrected chi connectivity index (χ0v) is 16.4. The molecule has 2 aromatic rings. The van der Waals surface area contributed by atoms with E-state index in [1.165, 1.54) is 5.56 Å². The number of hydrogen-bond donors (Lipinski definition) is 1. The molecule has 27 heavy (non-hydrogen) atoms. The molecular formula is C20H29N5O2. The lowest BCUT2D eigenvalue weighted by atomic mass is 10.0. The third-order valence-electron chi connectivity index (χ3n) is 4.86. The quantitative estimate of drug-likeness (QED) is 0.836. The van der Waals surface area contributed by atoms with Crippen molar-refractivity contribution in [3.05, 3.63) is 35.7 Å². The summed E-state index contributed by atoms with van der Waals surface area (Å²) in [6.07, 6.45) is 0.725. The van der Waals surface area contributed by atoms with Crippen LogP contribution in [0.3, 0.4) is 0 Å². The molecule has 3 rings (SSSR count). The number of aromatic nitrogens is 2. The van der Waals surface area contributed by atoms with E-state index in [9.17, 15) is 4.79 Å². The molecule has 0 bridgehead atoms. The van der Waals surface area contributed by atoms with Crippen LogP contribution in [-0.2, 0) is 11.3 Å². The summed E-state index contributed by atoms with van der Waals surface area (Å²) in [5, 5.41) is 4.08. The number of carbonyl (C=O) groups excluding carboxylic acids is 1. The standard InChI is InChI=1S/C20H29N5O2/c1-14(2)12-17(21)20(26)25-10-8-24(9-11-25)13-18-22-19(23-27-18)16-6-4-15(3)5-7-16/h4-7,14,17H,8-13,21H2,1-3H3/t17-/m0/s1. The first-order valence-electron chi connectivity index (χ1n) is 9.58. The van der Waals surface area contributed by atoms with Gasteiger partial charge in [0.15, 0.2) is 0 Å². The van der Waals surface area contributed by atoms with E-state index in [-0.39, 0.29) is 5.91 Å². The Morgan fingerprint density at radius 2 is 1.85 bits per heavy atom. The molecule has 0 unspecified atom stereocenters. The average Bonchev–Trinajstić information content (AvgIpc) is 3.10. The summed E-state index contributed by atoms with van der Waals surface area (Å²) in [4.78, 5) is 21.0. The Balaban J connectivity index is 1.51. The van der Waals surface area contributed by atoms with Crippen LogP contribution < -0.4 is 5.73 Å². The van der Waals surface area contributed by atoms with Crippen molar-refractivity contribution in [1.29, 1.82) is 0 Å². The molecule has 1 aliphatic rings. The van der Waals surface area contributed by atoms with Crippen LogP contribution in [0.2, 0.25) is 0 Å². The van der Waals surface area contributed by atoms with E-state index in [2.05, 4.69) is 28.9 Å². The maximum absolute atomic E-state index is 12.4. The third kappa shape index (κ3) is 5.14. The van der Waals surface area contributed by atoms with Crippen molar-refractivity contribution in [2.75, 3.05) is 26.2 Å². The Morgan fingerprint density at radius 3 is 2.48 bits per heavy atom. The number of hydrogen-bond acceptors (Lipinski definition) is 6. The summed E-state index contributed by atoms with van der Waals surface area (Å²) >= 11 is 0. The molecule has 1 saturated heterocycles. The van der Waals surface area contributed by atoms with Crippen LogP contribution in [0.5, 0.6) is 0 Å². The van der Waals surface area contributed by atoms with E-state index in [1.54, 1.807) is 0 Å². The number of aryl methyl sites for hydroxylation is 1. The summed E-state index contributed by atoms with van der Waals surface area (Å²) in [5.41, 5.74) is 8.18. The van der Waals surface area contributed by atoms with Gasteiger partial charge in [0.2, 0.25) is 17.6 Å². The van der Waals surface area contributed by atoms with E-state index in [4.69, 9.17) is 10.3 Å². The Kier molecular flexibility index (Phi) is 6.23. The fourth-order valence-electron chi connectivity index (χ4n) is 3.30. The predicted molar refractivity (Wildman–Crippen MR) is 104 cm³/mol. The number of nitrogens with two attached hydrogens (primary N) is 1. The molecule has 0 aliphatic carbocycles. The number of benzene rings is 1. The van der Waals surface area contributed by atoms with Gasteiger partial charge in [-0.25, -0.2) is 0 Å². The monoisotopic (exact) mass is 371 g/mol. The molecular weight excluding hydrogens is 342 g/mol. The van der Waals surface area contributed by atoms with Crippen molar-refractivity contribution in [1.82, 2.24) is 19.9 Å². The van der Waals surface area contributed by atoms with E-state index in [1.807, 2.05) is 36.1 Å².